The van der Waals surface area contributed by atoms with Crippen molar-refractivity contribution in [3.05, 3.63) is 200 Å². The molecule has 0 saturated heterocycles. The van der Waals surface area contributed by atoms with Crippen molar-refractivity contribution in [1.29, 1.82) is 0 Å². The number of anilines is 3. The van der Waals surface area contributed by atoms with E-state index >= 15 is 0 Å². The molecule has 0 saturated carbocycles. The minimum atomic E-state index is 0.877. The molecule has 0 aliphatic rings. The first-order chi connectivity index (χ1) is 24.8. The number of benzene rings is 8. The Balaban J connectivity index is 1.34. The number of rotatable bonds is 7. The topological polar surface area (TPSA) is 16.4 Å². The third kappa shape index (κ3) is 5.34. The van der Waals surface area contributed by atoms with Gasteiger partial charge in [0.1, 0.15) is 11.2 Å². The van der Waals surface area contributed by atoms with Crippen LogP contribution in [0.1, 0.15) is 0 Å². The first-order valence-electron chi connectivity index (χ1n) is 17.0. The van der Waals surface area contributed by atoms with E-state index in [4.69, 9.17) is 4.42 Å². The van der Waals surface area contributed by atoms with Crippen LogP contribution < -0.4 is 4.90 Å². The van der Waals surface area contributed by atoms with Crippen LogP contribution in [0.5, 0.6) is 0 Å². The fraction of sp³-hybridized carbons (Fsp3) is 0. The number of hydrogen-bond acceptors (Lipinski definition) is 2. The second-order valence-electron chi connectivity index (χ2n) is 12.5. The highest BCUT2D eigenvalue weighted by Gasteiger charge is 2.24. The smallest absolute Gasteiger partial charge is 0.136 e. The zero-order chi connectivity index (χ0) is 33.3. The Hall–Kier alpha value is -6.64. The summed E-state index contributed by atoms with van der Waals surface area (Å²) in [6, 6.07) is 71.1. The molecule has 8 aromatic carbocycles. The number of nitrogens with zero attached hydrogens (tertiary/aromatic N) is 1. The van der Waals surface area contributed by atoms with E-state index in [9.17, 15) is 0 Å². The SMILES string of the molecule is c1ccc(-c2ccc(N(c3cccc(-c4ccccc4)c3)c3cccc(-c4ccccc4)c3-c3cccc4oc5ccccc5c34)cc2)cc1. The molecule has 1 heterocycles. The Labute approximate surface area is 292 Å². The van der Waals surface area contributed by atoms with E-state index < -0.39 is 0 Å². The molecular weight excluding hydrogens is 607 g/mol. The van der Waals surface area contributed by atoms with Crippen LogP contribution in [0.25, 0.3) is 66.4 Å². The van der Waals surface area contributed by atoms with Crippen LogP contribution >= 0.6 is 0 Å². The maximum atomic E-state index is 6.44. The molecule has 0 unspecified atom stereocenters. The maximum Gasteiger partial charge on any atom is 0.136 e. The van der Waals surface area contributed by atoms with Crippen molar-refractivity contribution >= 4 is 39.0 Å². The van der Waals surface area contributed by atoms with Crippen LogP contribution in [0.4, 0.5) is 17.1 Å². The molecule has 9 rings (SSSR count). The lowest BCUT2D eigenvalue weighted by molar-refractivity contribution is 0.669. The highest BCUT2D eigenvalue weighted by atomic mass is 16.3. The monoisotopic (exact) mass is 639 g/mol. The number of furan rings is 1. The lowest BCUT2D eigenvalue weighted by Crippen LogP contribution is -2.12. The van der Waals surface area contributed by atoms with E-state index in [2.05, 4.69) is 199 Å². The van der Waals surface area contributed by atoms with Gasteiger partial charge in [-0.05, 0) is 81.4 Å². The number of para-hydroxylation sites is 1. The molecule has 9 aromatic rings. The van der Waals surface area contributed by atoms with Crippen LogP contribution in [-0.2, 0) is 0 Å². The molecule has 2 heteroatoms. The van der Waals surface area contributed by atoms with E-state index in [0.717, 1.165) is 66.8 Å². The van der Waals surface area contributed by atoms with Crippen LogP contribution in [0.2, 0.25) is 0 Å². The van der Waals surface area contributed by atoms with E-state index in [1.807, 2.05) is 6.07 Å². The summed E-state index contributed by atoms with van der Waals surface area (Å²) < 4.78 is 6.44. The molecule has 50 heavy (non-hydrogen) atoms. The summed E-state index contributed by atoms with van der Waals surface area (Å²) in [7, 11) is 0. The van der Waals surface area contributed by atoms with Gasteiger partial charge < -0.3 is 9.32 Å². The summed E-state index contributed by atoms with van der Waals surface area (Å²) in [5.74, 6) is 0. The van der Waals surface area contributed by atoms with Gasteiger partial charge >= 0.3 is 0 Å². The van der Waals surface area contributed by atoms with Gasteiger partial charge in [-0.25, -0.2) is 0 Å². The molecule has 0 fully saturated rings. The van der Waals surface area contributed by atoms with Crippen molar-refractivity contribution in [3.8, 4) is 44.5 Å². The molecule has 0 bridgehead atoms. The van der Waals surface area contributed by atoms with Gasteiger partial charge in [-0.15, -0.1) is 0 Å². The third-order valence-corrected chi connectivity index (χ3v) is 9.48. The van der Waals surface area contributed by atoms with E-state index in [-0.39, 0.29) is 0 Å². The summed E-state index contributed by atoms with van der Waals surface area (Å²) >= 11 is 0. The van der Waals surface area contributed by atoms with Crippen LogP contribution in [0.15, 0.2) is 205 Å². The standard InChI is InChI=1S/C48H33NO/c1-4-15-34(16-5-1)36-29-31-39(32-30-36)49(40-22-12-21-38(33-40)35-17-6-2-7-18-35)44-26-13-24-41(37-19-8-3-9-20-37)47(44)43-25-14-28-46-48(43)42-23-10-11-27-45(42)50-46/h1-33H. The fourth-order valence-corrected chi connectivity index (χ4v) is 7.17. The Morgan fingerprint density at radius 3 is 1.62 bits per heavy atom. The summed E-state index contributed by atoms with van der Waals surface area (Å²) in [6.07, 6.45) is 0. The van der Waals surface area contributed by atoms with Gasteiger partial charge in [0.2, 0.25) is 0 Å². The third-order valence-electron chi connectivity index (χ3n) is 9.48. The first kappa shape index (κ1) is 29.5. The van der Waals surface area contributed by atoms with E-state index in [0.29, 0.717) is 0 Å². The van der Waals surface area contributed by atoms with Gasteiger partial charge in [0.25, 0.3) is 0 Å². The van der Waals surface area contributed by atoms with Crippen molar-refractivity contribution in [2.75, 3.05) is 4.90 Å². The number of hydrogen-bond donors (Lipinski definition) is 0. The maximum absolute atomic E-state index is 6.44. The van der Waals surface area contributed by atoms with E-state index in [1.54, 1.807) is 0 Å². The second-order valence-corrected chi connectivity index (χ2v) is 12.5. The normalized spacial score (nSPS) is 11.2. The van der Waals surface area contributed by atoms with Gasteiger partial charge in [0.15, 0.2) is 0 Å². The highest BCUT2D eigenvalue weighted by molar-refractivity contribution is 6.15. The van der Waals surface area contributed by atoms with Gasteiger partial charge in [-0.1, -0.05) is 158 Å². The Morgan fingerprint density at radius 1 is 0.340 bits per heavy atom. The van der Waals surface area contributed by atoms with Crippen LogP contribution in [-0.4, -0.2) is 0 Å². The lowest BCUT2D eigenvalue weighted by atomic mass is 9.89. The second kappa shape index (κ2) is 12.8. The van der Waals surface area contributed by atoms with Crippen molar-refractivity contribution in [1.82, 2.24) is 0 Å². The largest absolute Gasteiger partial charge is 0.456 e. The molecular formula is C48H33NO. The van der Waals surface area contributed by atoms with Crippen LogP contribution in [0.3, 0.4) is 0 Å². The predicted octanol–water partition coefficient (Wildman–Crippen LogP) is 13.7. The Kier molecular flexibility index (Phi) is 7.53. The van der Waals surface area contributed by atoms with Gasteiger partial charge in [-0.3, -0.25) is 0 Å². The first-order valence-corrected chi connectivity index (χ1v) is 17.0. The molecule has 0 spiro atoms. The Bertz CT molecular complexity index is 2570. The molecule has 1 aromatic heterocycles. The van der Waals surface area contributed by atoms with Gasteiger partial charge in [-0.2, -0.15) is 0 Å². The molecule has 0 N–H and O–H groups in total. The molecule has 0 radical (unpaired) electrons. The minimum absolute atomic E-state index is 0.877. The molecule has 0 aliphatic carbocycles. The molecule has 0 atom stereocenters. The van der Waals surface area contributed by atoms with E-state index in [1.165, 1.54) is 16.7 Å². The van der Waals surface area contributed by atoms with Crippen molar-refractivity contribution in [2.24, 2.45) is 0 Å². The predicted molar refractivity (Wildman–Crippen MR) is 210 cm³/mol. The lowest BCUT2D eigenvalue weighted by Gasteiger charge is -2.30. The minimum Gasteiger partial charge on any atom is -0.456 e. The zero-order valence-corrected chi connectivity index (χ0v) is 27.4. The summed E-state index contributed by atoms with van der Waals surface area (Å²) in [4.78, 5) is 2.41. The van der Waals surface area contributed by atoms with Crippen LogP contribution in [0, 0.1) is 0 Å². The average molecular weight is 640 g/mol. The number of fused-ring (bicyclic) bond motifs is 3. The summed E-state index contributed by atoms with van der Waals surface area (Å²) in [5.41, 5.74) is 14.3. The van der Waals surface area contributed by atoms with Gasteiger partial charge in [0.05, 0.1) is 5.69 Å². The molecule has 0 aliphatic heterocycles. The fourth-order valence-electron chi connectivity index (χ4n) is 7.17. The molecule has 2 nitrogen and oxygen atoms in total. The molecule has 236 valence electrons. The zero-order valence-electron chi connectivity index (χ0n) is 27.4. The quantitative estimate of drug-likeness (QED) is 0.173. The highest BCUT2D eigenvalue weighted by Crippen LogP contribution is 2.49. The summed E-state index contributed by atoms with van der Waals surface area (Å²) in [5, 5.41) is 2.22. The van der Waals surface area contributed by atoms with Crippen molar-refractivity contribution in [2.45, 2.75) is 0 Å². The molecule has 0 amide bonds. The summed E-state index contributed by atoms with van der Waals surface area (Å²) in [6.45, 7) is 0. The van der Waals surface area contributed by atoms with Gasteiger partial charge in [0, 0.05) is 27.7 Å². The average Bonchev–Trinajstić information content (AvgIpc) is 3.59. The van der Waals surface area contributed by atoms with Crippen molar-refractivity contribution < 1.29 is 4.42 Å². The van der Waals surface area contributed by atoms with Crippen molar-refractivity contribution in [3.63, 3.8) is 0 Å². The Morgan fingerprint density at radius 2 is 0.880 bits per heavy atom.